The number of ketones is 1. The second kappa shape index (κ2) is 39.8. The molecule has 0 aliphatic heterocycles. The van der Waals surface area contributed by atoms with Crippen LogP contribution in [0.5, 0.6) is 28.7 Å². The third-order valence-electron chi connectivity index (χ3n) is 17.4. The van der Waals surface area contributed by atoms with Crippen molar-refractivity contribution < 1.29 is 59.9 Å². The third kappa shape index (κ3) is 22.4. The van der Waals surface area contributed by atoms with Gasteiger partial charge in [0.2, 0.25) is 27.8 Å². The first-order valence-electron chi connectivity index (χ1n) is 35.7. The Kier molecular flexibility index (Phi) is 28.9. The fourth-order valence-electron chi connectivity index (χ4n) is 11.3. The molecule has 592 valence electrons. The van der Waals surface area contributed by atoms with E-state index < -0.39 is 4.92 Å². The van der Waals surface area contributed by atoms with Crippen molar-refractivity contribution in [2.45, 2.75) is 34.6 Å². The van der Waals surface area contributed by atoms with Crippen LogP contribution in [0.3, 0.4) is 0 Å². The van der Waals surface area contributed by atoms with Gasteiger partial charge in [-0.2, -0.15) is 5.26 Å². The summed E-state index contributed by atoms with van der Waals surface area (Å²) in [5.74, 6) is 3.32. The number of rotatable bonds is 16. The minimum atomic E-state index is -0.445. The topological polar surface area (TPSA) is 258 Å². The summed E-state index contributed by atoms with van der Waals surface area (Å²) in [6, 6.07) is 72.5. The molecular weight excluding hydrogens is 1620 g/mol. The zero-order valence-corrected chi connectivity index (χ0v) is 69.6. The van der Waals surface area contributed by atoms with Crippen molar-refractivity contribution in [1.29, 1.82) is 5.26 Å². The SMILES string of the molecule is COc1ccc(N=c2oc3ccc(C#N)cc3cc2C(C)=S)cc1.COc1ccc(N=c2oc3ccc(Cl)cc3cc2C(C)=O)cc1.COc1ccc(N=c2oc3ccc(Cl)cc3cc2C(C)=S)cc1.COc1ccc(N=c2oc3ccc(F)cc3cc2C(C)=S)cc1.COc1ccc(N=c2oc3ccc([N+](=O)[O-])cc3cc2C(C)=S)cc1. The average molecular weight is 1690 g/mol. The molecule has 0 spiro atoms. The average Bonchev–Trinajstić information content (AvgIpc) is 0.817. The van der Waals surface area contributed by atoms with Gasteiger partial charge in [0.1, 0.15) is 62.5 Å². The number of nitro groups is 1. The molecule has 27 heteroatoms. The van der Waals surface area contributed by atoms with Gasteiger partial charge in [-0.05, 0) is 265 Å². The summed E-state index contributed by atoms with van der Waals surface area (Å²) in [6.07, 6.45) is 0. The number of hydrogen-bond acceptors (Lipinski definition) is 23. The lowest BCUT2D eigenvalue weighted by molar-refractivity contribution is -0.384. The highest BCUT2D eigenvalue weighted by atomic mass is 35.5. The number of non-ortho nitro benzene ring substituents is 1. The number of fused-ring (bicyclic) bond motifs is 5. The van der Waals surface area contributed by atoms with E-state index in [-0.39, 0.29) is 22.8 Å². The highest BCUT2D eigenvalue weighted by molar-refractivity contribution is 7.81. The maximum absolute atomic E-state index is 13.4. The number of Topliss-reactive ketones (excluding diaryl/α,β-unsaturated/α-hetero) is 1. The Morgan fingerprint density at radius 2 is 0.619 bits per heavy atom. The van der Waals surface area contributed by atoms with Gasteiger partial charge in [0.15, 0.2) is 5.78 Å². The summed E-state index contributed by atoms with van der Waals surface area (Å²) in [5.41, 5.74) is 12.4. The van der Waals surface area contributed by atoms with Crippen LogP contribution in [0.4, 0.5) is 38.5 Å². The number of nitrogens with zero attached hydrogens (tertiary/aromatic N) is 7. The molecule has 0 fully saturated rings. The summed E-state index contributed by atoms with van der Waals surface area (Å²) in [6.45, 7) is 8.71. The predicted octanol–water partition coefficient (Wildman–Crippen LogP) is 22.7. The maximum Gasteiger partial charge on any atom is 0.270 e. The monoisotopic (exact) mass is 1690 g/mol. The van der Waals surface area contributed by atoms with E-state index in [9.17, 15) is 19.3 Å². The molecule has 0 radical (unpaired) electrons. The number of hydrogen-bond donors (Lipinski definition) is 0. The van der Waals surface area contributed by atoms with Crippen LogP contribution in [0.1, 0.15) is 72.8 Å². The zero-order chi connectivity index (χ0) is 84.3. The normalized spacial score (nSPS) is 11.6. The lowest BCUT2D eigenvalue weighted by Gasteiger charge is -2.04. The number of nitro benzene ring substituents is 1. The molecule has 0 atom stereocenters. The van der Waals surface area contributed by atoms with E-state index in [1.807, 2.05) is 111 Å². The Morgan fingerprint density at radius 3 is 0.898 bits per heavy atom. The molecule has 0 unspecified atom stereocenters. The molecule has 0 aliphatic carbocycles. The molecule has 0 saturated heterocycles. The molecule has 0 bridgehead atoms. The fraction of sp³-hybridized carbons (Fsp3) is 0.110. The van der Waals surface area contributed by atoms with Gasteiger partial charge in [-0.1, -0.05) is 72.1 Å². The van der Waals surface area contributed by atoms with Gasteiger partial charge in [0.05, 0.1) is 108 Å². The molecule has 20 nitrogen and oxygen atoms in total. The minimum absolute atomic E-state index is 0.00415. The quantitative estimate of drug-likeness (QED) is 0.0377. The van der Waals surface area contributed by atoms with E-state index in [4.69, 9.17) is 123 Å². The van der Waals surface area contributed by atoms with E-state index in [2.05, 4.69) is 31.0 Å². The third-order valence-corrected chi connectivity index (χ3v) is 18.7. The fourth-order valence-corrected chi connectivity index (χ4v) is 12.2. The molecule has 0 N–H and O–H groups in total. The summed E-state index contributed by atoms with van der Waals surface area (Å²) < 4.78 is 68.4. The molecule has 15 aromatic rings. The van der Waals surface area contributed by atoms with E-state index in [1.54, 1.807) is 171 Å². The van der Waals surface area contributed by atoms with Crippen LogP contribution in [0.15, 0.2) is 290 Å². The van der Waals surface area contributed by atoms with E-state index in [0.29, 0.717) is 130 Å². The van der Waals surface area contributed by atoms with Gasteiger partial charge in [0, 0.05) is 68.6 Å². The Morgan fingerprint density at radius 1 is 0.364 bits per heavy atom. The number of thiocarbonyl (C=S) groups is 4. The number of carbonyl (C=O) groups excluding carboxylic acids is 1. The van der Waals surface area contributed by atoms with Crippen molar-refractivity contribution >= 4 is 186 Å². The van der Waals surface area contributed by atoms with Gasteiger partial charge in [-0.25, -0.2) is 29.4 Å². The van der Waals surface area contributed by atoms with Crippen molar-refractivity contribution in [3.63, 3.8) is 0 Å². The van der Waals surface area contributed by atoms with E-state index in [0.717, 1.165) is 67.4 Å². The highest BCUT2D eigenvalue weighted by Crippen LogP contribution is 2.28. The summed E-state index contributed by atoms with van der Waals surface area (Å²) >= 11 is 33.2. The van der Waals surface area contributed by atoms with Gasteiger partial charge < -0.3 is 45.8 Å². The standard InChI is InChI=1S/C19H14N2O2S.C18H14ClNO3.C18H14ClNO2S.C18H14FNO2S.C18H14N2O4S/c1-12(24)17-10-14-9-13(11-20)3-8-18(14)23-19(17)21-15-4-6-16(22-2)7-5-15;1-11(21)16-10-12-9-13(19)3-8-17(12)23-18(16)20-14-4-6-15(22-2)7-5-14;2*1-11(23)16-10-12-9-13(19)3-8-17(12)22-18(16)20-14-4-6-15(21-2)7-5-14;1-11(25)16-10-12-9-14(20(21)22)5-8-17(12)24-18(16)19-13-3-6-15(23-2)7-4-13/h3-10H,1-2H3;3*3-10H,1-2H3;3-10H,1-2H3. The highest BCUT2D eigenvalue weighted by Gasteiger charge is 2.16. The molecule has 15 rings (SSSR count). The number of nitriles is 1. The summed E-state index contributed by atoms with van der Waals surface area (Å²) in [5, 5.41) is 24.9. The first kappa shape index (κ1) is 85.6. The smallest absolute Gasteiger partial charge is 0.270 e. The molecule has 0 saturated carbocycles. The summed E-state index contributed by atoms with van der Waals surface area (Å²) in [4.78, 5) is 47.6. The van der Waals surface area contributed by atoms with Crippen molar-refractivity contribution in [3.8, 4) is 34.8 Å². The van der Waals surface area contributed by atoms with E-state index >= 15 is 0 Å². The van der Waals surface area contributed by atoms with Crippen LogP contribution in [-0.4, -0.2) is 65.7 Å². The van der Waals surface area contributed by atoms with Crippen molar-refractivity contribution in [3.05, 3.63) is 330 Å². The molecule has 0 amide bonds. The predicted molar refractivity (Wildman–Crippen MR) is 473 cm³/mol. The van der Waals surface area contributed by atoms with Crippen LogP contribution >= 0.6 is 72.1 Å². The van der Waals surface area contributed by atoms with E-state index in [1.165, 1.54) is 31.2 Å². The van der Waals surface area contributed by atoms with Crippen molar-refractivity contribution in [2.24, 2.45) is 25.0 Å². The Balaban J connectivity index is 0.000000145. The molecule has 118 heavy (non-hydrogen) atoms. The summed E-state index contributed by atoms with van der Waals surface area (Å²) in [7, 11) is 8.05. The van der Waals surface area contributed by atoms with Crippen LogP contribution in [-0.2, 0) is 0 Å². The van der Waals surface area contributed by atoms with Gasteiger partial charge in [-0.15, -0.1) is 0 Å². The van der Waals surface area contributed by atoms with Crippen LogP contribution < -0.4 is 51.5 Å². The Labute approximate surface area is 706 Å². The second-order valence-electron chi connectivity index (χ2n) is 25.5. The molecular formula is C91H70Cl2FN7O13S4. The maximum atomic E-state index is 13.4. The number of carbonyl (C=O) groups is 1. The second-order valence-corrected chi connectivity index (χ2v) is 28.9. The number of benzene rings is 10. The zero-order valence-electron chi connectivity index (χ0n) is 64.8. The largest absolute Gasteiger partial charge is 0.497 e. The molecule has 5 aromatic heterocycles. The van der Waals surface area contributed by atoms with Crippen molar-refractivity contribution in [1.82, 2.24) is 0 Å². The Bertz CT molecular complexity index is 6430. The lowest BCUT2D eigenvalue weighted by atomic mass is 10.1. The number of ether oxygens (including phenoxy) is 5. The first-order valence-corrected chi connectivity index (χ1v) is 38.1. The van der Waals surface area contributed by atoms with Gasteiger partial charge in [0.25, 0.3) is 5.69 Å². The molecule has 0 aliphatic rings. The minimum Gasteiger partial charge on any atom is -0.497 e. The number of halogens is 3. The lowest BCUT2D eigenvalue weighted by Crippen LogP contribution is -2.12. The molecule has 5 heterocycles. The Hall–Kier alpha value is -13.3. The van der Waals surface area contributed by atoms with Crippen LogP contribution in [0.2, 0.25) is 10.0 Å². The number of methoxy groups -OCH3 is 5. The van der Waals surface area contributed by atoms with Gasteiger partial charge in [-0.3, -0.25) is 14.9 Å². The van der Waals surface area contributed by atoms with Crippen LogP contribution in [0, 0.1) is 27.3 Å². The first-order chi connectivity index (χ1) is 56.8. The van der Waals surface area contributed by atoms with Gasteiger partial charge >= 0.3 is 0 Å². The molecule has 10 aromatic carbocycles. The van der Waals surface area contributed by atoms with Crippen molar-refractivity contribution in [2.75, 3.05) is 35.5 Å². The van der Waals surface area contributed by atoms with Crippen LogP contribution in [0.25, 0.3) is 54.8 Å².